The molecule has 1 aromatic rings. The lowest BCUT2D eigenvalue weighted by Crippen LogP contribution is -2.16. The molecule has 1 aliphatic rings. The van der Waals surface area contributed by atoms with E-state index >= 15 is 0 Å². The highest BCUT2D eigenvalue weighted by Crippen LogP contribution is 2.38. The number of hydrogen-bond donors (Lipinski definition) is 0. The first-order valence-electron chi connectivity index (χ1n) is 5.74. The average Bonchev–Trinajstić information content (AvgIpc) is 3.00. The first-order valence-corrected chi connectivity index (χ1v) is 5.74. The molecular formula is C14H20. The SMILES string of the molecule is CC(C)(CCC1CC1)c1ccccc1. The van der Waals surface area contributed by atoms with Crippen LogP contribution in [0.4, 0.5) is 0 Å². The molecule has 0 unspecified atom stereocenters. The molecule has 1 aromatic carbocycles. The molecule has 1 saturated carbocycles. The molecule has 2 rings (SSSR count). The van der Waals surface area contributed by atoms with E-state index in [-0.39, 0.29) is 0 Å². The monoisotopic (exact) mass is 188 g/mol. The van der Waals surface area contributed by atoms with Crippen molar-refractivity contribution in [1.82, 2.24) is 0 Å². The summed E-state index contributed by atoms with van der Waals surface area (Å²) in [5.41, 5.74) is 1.85. The Morgan fingerprint density at radius 3 is 2.36 bits per heavy atom. The van der Waals surface area contributed by atoms with Crippen LogP contribution in [0.5, 0.6) is 0 Å². The molecule has 0 N–H and O–H groups in total. The van der Waals surface area contributed by atoms with Gasteiger partial charge in [0.25, 0.3) is 0 Å². The molecule has 0 saturated heterocycles. The van der Waals surface area contributed by atoms with E-state index in [1.807, 2.05) is 0 Å². The topological polar surface area (TPSA) is 0 Å². The Hall–Kier alpha value is -0.780. The predicted octanol–water partition coefficient (Wildman–Crippen LogP) is 4.15. The molecular weight excluding hydrogens is 168 g/mol. The molecule has 0 nitrogen and oxygen atoms in total. The zero-order valence-corrected chi connectivity index (χ0v) is 9.29. The van der Waals surface area contributed by atoms with Gasteiger partial charge in [-0.05, 0) is 29.7 Å². The number of benzene rings is 1. The van der Waals surface area contributed by atoms with Gasteiger partial charge in [0.1, 0.15) is 0 Å². The average molecular weight is 188 g/mol. The summed E-state index contributed by atoms with van der Waals surface area (Å²) in [4.78, 5) is 0. The molecule has 0 heteroatoms. The third kappa shape index (κ3) is 2.37. The maximum Gasteiger partial charge on any atom is -0.0103 e. The summed E-state index contributed by atoms with van der Waals surface area (Å²) in [5, 5.41) is 0. The van der Waals surface area contributed by atoms with Gasteiger partial charge in [0, 0.05) is 0 Å². The van der Waals surface area contributed by atoms with Gasteiger partial charge in [0.2, 0.25) is 0 Å². The van der Waals surface area contributed by atoms with Gasteiger partial charge in [-0.3, -0.25) is 0 Å². The van der Waals surface area contributed by atoms with Crippen molar-refractivity contribution in [1.29, 1.82) is 0 Å². The quantitative estimate of drug-likeness (QED) is 0.665. The Labute approximate surface area is 87.3 Å². The summed E-state index contributed by atoms with van der Waals surface area (Å²) in [5.74, 6) is 1.05. The van der Waals surface area contributed by atoms with Crippen molar-refractivity contribution in [2.45, 2.75) is 44.9 Å². The Morgan fingerprint density at radius 2 is 1.79 bits per heavy atom. The third-order valence-electron chi connectivity index (χ3n) is 3.43. The minimum atomic E-state index is 0.365. The summed E-state index contributed by atoms with van der Waals surface area (Å²) in [6.45, 7) is 4.73. The molecule has 0 aliphatic heterocycles. The fraction of sp³-hybridized carbons (Fsp3) is 0.571. The highest BCUT2D eigenvalue weighted by Gasteiger charge is 2.26. The lowest BCUT2D eigenvalue weighted by Gasteiger charge is -2.25. The normalized spacial score (nSPS) is 17.0. The second-order valence-corrected chi connectivity index (χ2v) is 5.23. The van der Waals surface area contributed by atoms with Crippen LogP contribution in [0.15, 0.2) is 30.3 Å². The molecule has 0 radical (unpaired) electrons. The van der Waals surface area contributed by atoms with E-state index in [4.69, 9.17) is 0 Å². The Kier molecular flexibility index (Phi) is 2.62. The molecule has 0 heterocycles. The van der Waals surface area contributed by atoms with E-state index in [1.165, 1.54) is 31.2 Å². The third-order valence-corrected chi connectivity index (χ3v) is 3.43. The summed E-state index contributed by atoms with van der Waals surface area (Å²) in [6.07, 6.45) is 5.71. The van der Waals surface area contributed by atoms with Crippen molar-refractivity contribution in [3.63, 3.8) is 0 Å². The lowest BCUT2D eigenvalue weighted by molar-refractivity contribution is 0.445. The maximum absolute atomic E-state index is 2.37. The summed E-state index contributed by atoms with van der Waals surface area (Å²) >= 11 is 0. The predicted molar refractivity (Wildman–Crippen MR) is 61.4 cm³/mol. The standard InChI is InChI=1S/C14H20/c1-14(2,11-10-12-8-9-12)13-6-4-3-5-7-13/h3-7,12H,8-11H2,1-2H3. The Bertz CT molecular complexity index is 280. The summed E-state index contributed by atoms with van der Waals surface area (Å²) < 4.78 is 0. The van der Waals surface area contributed by atoms with E-state index in [0.29, 0.717) is 5.41 Å². The van der Waals surface area contributed by atoms with Crippen LogP contribution in [-0.2, 0) is 5.41 Å². The largest absolute Gasteiger partial charge is 0.0622 e. The Morgan fingerprint density at radius 1 is 1.14 bits per heavy atom. The van der Waals surface area contributed by atoms with Crippen molar-refractivity contribution >= 4 is 0 Å². The van der Waals surface area contributed by atoms with Crippen LogP contribution in [0.2, 0.25) is 0 Å². The first kappa shape index (κ1) is 9.76. The van der Waals surface area contributed by atoms with Crippen LogP contribution in [0.25, 0.3) is 0 Å². The van der Waals surface area contributed by atoms with Gasteiger partial charge in [0.15, 0.2) is 0 Å². The van der Waals surface area contributed by atoms with E-state index in [2.05, 4.69) is 44.2 Å². The molecule has 0 spiro atoms. The van der Waals surface area contributed by atoms with E-state index < -0.39 is 0 Å². The van der Waals surface area contributed by atoms with Crippen LogP contribution < -0.4 is 0 Å². The van der Waals surface area contributed by atoms with Crippen LogP contribution in [0.1, 0.15) is 45.1 Å². The molecule has 1 fully saturated rings. The Balaban J connectivity index is 1.99. The molecule has 76 valence electrons. The van der Waals surface area contributed by atoms with Crippen molar-refractivity contribution in [3.8, 4) is 0 Å². The molecule has 14 heavy (non-hydrogen) atoms. The second kappa shape index (κ2) is 3.76. The van der Waals surface area contributed by atoms with Crippen LogP contribution in [-0.4, -0.2) is 0 Å². The van der Waals surface area contributed by atoms with Gasteiger partial charge in [-0.15, -0.1) is 0 Å². The lowest BCUT2D eigenvalue weighted by atomic mass is 9.80. The minimum absolute atomic E-state index is 0.365. The summed E-state index contributed by atoms with van der Waals surface area (Å²) in [6, 6.07) is 10.9. The fourth-order valence-corrected chi connectivity index (χ4v) is 2.01. The second-order valence-electron chi connectivity index (χ2n) is 5.23. The minimum Gasteiger partial charge on any atom is -0.0622 e. The highest BCUT2D eigenvalue weighted by atomic mass is 14.3. The zero-order valence-electron chi connectivity index (χ0n) is 9.29. The van der Waals surface area contributed by atoms with Gasteiger partial charge >= 0.3 is 0 Å². The van der Waals surface area contributed by atoms with E-state index in [0.717, 1.165) is 5.92 Å². The van der Waals surface area contributed by atoms with Crippen LogP contribution in [0.3, 0.4) is 0 Å². The van der Waals surface area contributed by atoms with Gasteiger partial charge < -0.3 is 0 Å². The van der Waals surface area contributed by atoms with Crippen LogP contribution in [0, 0.1) is 5.92 Å². The molecule has 0 atom stereocenters. The number of hydrogen-bond acceptors (Lipinski definition) is 0. The van der Waals surface area contributed by atoms with E-state index in [9.17, 15) is 0 Å². The van der Waals surface area contributed by atoms with Gasteiger partial charge in [0.05, 0.1) is 0 Å². The van der Waals surface area contributed by atoms with Crippen molar-refractivity contribution in [2.75, 3.05) is 0 Å². The smallest absolute Gasteiger partial charge is 0.0103 e. The van der Waals surface area contributed by atoms with Crippen molar-refractivity contribution in [3.05, 3.63) is 35.9 Å². The van der Waals surface area contributed by atoms with Gasteiger partial charge in [-0.25, -0.2) is 0 Å². The highest BCUT2D eigenvalue weighted by molar-refractivity contribution is 5.23. The molecule has 0 amide bonds. The molecule has 0 bridgehead atoms. The molecule has 0 aromatic heterocycles. The summed E-state index contributed by atoms with van der Waals surface area (Å²) in [7, 11) is 0. The van der Waals surface area contributed by atoms with Gasteiger partial charge in [-0.2, -0.15) is 0 Å². The maximum atomic E-state index is 2.37. The van der Waals surface area contributed by atoms with Crippen molar-refractivity contribution in [2.24, 2.45) is 5.92 Å². The zero-order chi connectivity index (χ0) is 10.0. The van der Waals surface area contributed by atoms with Crippen molar-refractivity contribution < 1.29 is 0 Å². The fourth-order valence-electron chi connectivity index (χ4n) is 2.01. The number of rotatable bonds is 4. The van der Waals surface area contributed by atoms with Crippen LogP contribution >= 0.6 is 0 Å². The van der Waals surface area contributed by atoms with E-state index in [1.54, 1.807) is 0 Å². The molecule has 1 aliphatic carbocycles. The first-order chi connectivity index (χ1) is 6.68. The van der Waals surface area contributed by atoms with Gasteiger partial charge in [-0.1, -0.05) is 57.0 Å².